The van der Waals surface area contributed by atoms with Crippen LogP contribution in [0.4, 0.5) is 0 Å². The number of benzene rings is 1. The zero-order valence-corrected chi connectivity index (χ0v) is 13.8. The lowest BCUT2D eigenvalue weighted by Crippen LogP contribution is -2.31. The molecule has 0 aliphatic heterocycles. The van der Waals surface area contributed by atoms with E-state index in [1.54, 1.807) is 6.08 Å². The van der Waals surface area contributed by atoms with Gasteiger partial charge in [0.15, 0.2) is 0 Å². The highest BCUT2D eigenvalue weighted by Gasteiger charge is 2.28. The fourth-order valence-electron chi connectivity index (χ4n) is 3.27. The number of hydrogen-bond donors (Lipinski definition) is 1. The first-order valence-electron chi connectivity index (χ1n) is 8.13. The van der Waals surface area contributed by atoms with Crippen LogP contribution in [0, 0.1) is 0 Å². The van der Waals surface area contributed by atoms with Gasteiger partial charge in [-0.3, -0.25) is 0 Å². The topological polar surface area (TPSA) is 52.3 Å². The van der Waals surface area contributed by atoms with Gasteiger partial charge in [-0.05, 0) is 63.5 Å². The molecule has 1 aromatic rings. The van der Waals surface area contributed by atoms with E-state index in [4.69, 9.17) is 10.5 Å². The van der Waals surface area contributed by atoms with Crippen molar-refractivity contribution in [2.75, 3.05) is 0 Å². The van der Waals surface area contributed by atoms with Gasteiger partial charge >= 0.3 is 5.97 Å². The van der Waals surface area contributed by atoms with Gasteiger partial charge in [-0.1, -0.05) is 30.3 Å². The summed E-state index contributed by atoms with van der Waals surface area (Å²) in [5, 5.41) is 0. The fourth-order valence-corrected chi connectivity index (χ4v) is 3.27. The summed E-state index contributed by atoms with van der Waals surface area (Å²) in [6.45, 7) is 5.93. The van der Waals surface area contributed by atoms with Gasteiger partial charge in [-0.2, -0.15) is 0 Å². The number of nitrogens with two attached hydrogens (primary N) is 1. The molecule has 1 aromatic carbocycles. The molecule has 0 radical (unpaired) electrons. The van der Waals surface area contributed by atoms with Crippen LogP contribution in [0.3, 0.4) is 0 Å². The van der Waals surface area contributed by atoms with Crippen LogP contribution in [0.1, 0.15) is 63.5 Å². The number of carbonyl (C=O) groups is 1. The maximum absolute atomic E-state index is 11.5. The summed E-state index contributed by atoms with van der Waals surface area (Å²) in [5.74, 6) is 0.283. The molecule has 3 nitrogen and oxygen atoms in total. The quantitative estimate of drug-likeness (QED) is 0.675. The first-order chi connectivity index (χ1) is 10.4. The van der Waals surface area contributed by atoms with Gasteiger partial charge in [0.1, 0.15) is 6.10 Å². The number of allylic oxidation sites excluding steroid dienone is 1. The lowest BCUT2D eigenvalue weighted by Gasteiger charge is -2.32. The smallest absolute Gasteiger partial charge is 0.330 e. The van der Waals surface area contributed by atoms with Gasteiger partial charge in [0.05, 0.1) is 0 Å². The van der Waals surface area contributed by atoms with Crippen molar-refractivity contribution in [2.24, 2.45) is 5.73 Å². The molecule has 0 heterocycles. The van der Waals surface area contributed by atoms with Crippen molar-refractivity contribution in [3.05, 3.63) is 47.5 Å². The molecular formula is C19H27NO2. The lowest BCUT2D eigenvalue weighted by atomic mass is 9.77. The molecule has 1 fully saturated rings. The maximum atomic E-state index is 11.5. The number of esters is 1. The van der Waals surface area contributed by atoms with Crippen molar-refractivity contribution >= 4 is 5.97 Å². The lowest BCUT2D eigenvalue weighted by molar-refractivity contribution is -0.144. The average Bonchev–Trinajstić information content (AvgIpc) is 2.47. The Hall–Kier alpha value is -1.61. The fraction of sp³-hybridized carbons (Fsp3) is 0.526. The molecule has 0 amide bonds. The molecule has 0 aromatic heterocycles. The standard InChI is InChI=1S/C19H27NO2/c1-4-7-18(21)22-15-12-10-14(11-13-15)16-8-5-6-9-17(16)19(2,3)20/h4-9,14-15H,10-13,20H2,1-3H3/b7-4+. The molecule has 120 valence electrons. The van der Waals surface area contributed by atoms with Gasteiger partial charge in [0.25, 0.3) is 0 Å². The second kappa shape index (κ2) is 7.10. The second-order valence-electron chi connectivity index (χ2n) is 6.72. The molecule has 0 unspecified atom stereocenters. The van der Waals surface area contributed by atoms with Crippen molar-refractivity contribution in [3.8, 4) is 0 Å². The van der Waals surface area contributed by atoms with E-state index in [0.29, 0.717) is 5.92 Å². The highest BCUT2D eigenvalue weighted by Crippen LogP contribution is 2.37. The molecule has 22 heavy (non-hydrogen) atoms. The summed E-state index contributed by atoms with van der Waals surface area (Å²) in [6, 6.07) is 8.47. The molecule has 1 aliphatic rings. The van der Waals surface area contributed by atoms with E-state index in [1.165, 1.54) is 17.2 Å². The summed E-state index contributed by atoms with van der Waals surface area (Å²) < 4.78 is 5.46. The first-order valence-corrected chi connectivity index (χ1v) is 8.13. The SMILES string of the molecule is C/C=C/C(=O)OC1CCC(c2ccccc2C(C)(C)N)CC1. The van der Waals surface area contributed by atoms with Crippen LogP contribution >= 0.6 is 0 Å². The summed E-state index contributed by atoms with van der Waals surface area (Å²) in [7, 11) is 0. The van der Waals surface area contributed by atoms with Crippen LogP contribution in [-0.2, 0) is 15.1 Å². The van der Waals surface area contributed by atoms with E-state index in [9.17, 15) is 4.79 Å². The number of rotatable bonds is 4. The van der Waals surface area contributed by atoms with E-state index in [-0.39, 0.29) is 17.6 Å². The van der Waals surface area contributed by atoms with E-state index in [2.05, 4.69) is 38.1 Å². The predicted molar refractivity (Wildman–Crippen MR) is 89.6 cm³/mol. The zero-order valence-electron chi connectivity index (χ0n) is 13.8. The van der Waals surface area contributed by atoms with Crippen LogP contribution in [0.2, 0.25) is 0 Å². The molecule has 2 N–H and O–H groups in total. The van der Waals surface area contributed by atoms with Crippen LogP contribution in [0.15, 0.2) is 36.4 Å². The van der Waals surface area contributed by atoms with Gasteiger partial charge < -0.3 is 10.5 Å². The molecule has 0 atom stereocenters. The number of hydrogen-bond acceptors (Lipinski definition) is 3. The Kier molecular flexibility index (Phi) is 5.41. The minimum Gasteiger partial charge on any atom is -0.459 e. The Balaban J connectivity index is 2.02. The molecule has 0 saturated heterocycles. The van der Waals surface area contributed by atoms with Crippen molar-refractivity contribution < 1.29 is 9.53 Å². The van der Waals surface area contributed by atoms with E-state index < -0.39 is 0 Å². The molecule has 0 spiro atoms. The van der Waals surface area contributed by atoms with Gasteiger partial charge in [-0.25, -0.2) is 4.79 Å². The molecule has 0 bridgehead atoms. The summed E-state index contributed by atoms with van der Waals surface area (Å²) in [5.41, 5.74) is 8.57. The minimum atomic E-state index is -0.328. The Morgan fingerprint density at radius 3 is 2.45 bits per heavy atom. The first kappa shape index (κ1) is 16.8. The van der Waals surface area contributed by atoms with Crippen LogP contribution < -0.4 is 5.73 Å². The summed E-state index contributed by atoms with van der Waals surface area (Å²) in [4.78, 5) is 11.5. The van der Waals surface area contributed by atoms with Gasteiger partial charge in [0.2, 0.25) is 0 Å². The van der Waals surface area contributed by atoms with E-state index >= 15 is 0 Å². The normalized spacial score (nSPS) is 22.7. The third kappa shape index (κ3) is 4.20. The Morgan fingerprint density at radius 1 is 1.23 bits per heavy atom. The molecule has 2 rings (SSSR count). The highest BCUT2D eigenvalue weighted by atomic mass is 16.5. The number of carbonyl (C=O) groups excluding carboxylic acids is 1. The van der Waals surface area contributed by atoms with Crippen LogP contribution in [0.5, 0.6) is 0 Å². The second-order valence-corrected chi connectivity index (χ2v) is 6.72. The summed E-state index contributed by atoms with van der Waals surface area (Å²) >= 11 is 0. The Morgan fingerprint density at radius 2 is 1.86 bits per heavy atom. The van der Waals surface area contributed by atoms with Crippen LogP contribution in [0.25, 0.3) is 0 Å². The molecular weight excluding hydrogens is 274 g/mol. The molecule has 1 aliphatic carbocycles. The van der Waals surface area contributed by atoms with Gasteiger partial charge in [0, 0.05) is 11.6 Å². The Labute approximate surface area is 133 Å². The van der Waals surface area contributed by atoms with Crippen LogP contribution in [-0.4, -0.2) is 12.1 Å². The van der Waals surface area contributed by atoms with Crippen molar-refractivity contribution in [2.45, 2.75) is 64.0 Å². The van der Waals surface area contributed by atoms with Crippen molar-refractivity contribution in [1.29, 1.82) is 0 Å². The third-order valence-corrected chi connectivity index (χ3v) is 4.35. The maximum Gasteiger partial charge on any atom is 0.330 e. The monoisotopic (exact) mass is 301 g/mol. The zero-order chi connectivity index (χ0) is 16.2. The van der Waals surface area contributed by atoms with Gasteiger partial charge in [-0.15, -0.1) is 0 Å². The minimum absolute atomic E-state index is 0.0537. The van der Waals surface area contributed by atoms with Crippen molar-refractivity contribution in [1.82, 2.24) is 0 Å². The summed E-state index contributed by atoms with van der Waals surface area (Å²) in [6.07, 6.45) is 7.19. The highest BCUT2D eigenvalue weighted by molar-refractivity contribution is 5.81. The predicted octanol–water partition coefficient (Wildman–Crippen LogP) is 4.03. The average molecular weight is 301 g/mol. The molecule has 1 saturated carbocycles. The number of ether oxygens (including phenoxy) is 1. The van der Waals surface area contributed by atoms with E-state index in [1.807, 2.05) is 6.92 Å². The van der Waals surface area contributed by atoms with E-state index in [0.717, 1.165) is 25.7 Å². The largest absolute Gasteiger partial charge is 0.459 e. The third-order valence-electron chi connectivity index (χ3n) is 4.35. The Bertz CT molecular complexity index is 535. The molecule has 3 heteroatoms. The van der Waals surface area contributed by atoms with Crippen molar-refractivity contribution in [3.63, 3.8) is 0 Å².